The molecule has 3 nitrogen and oxygen atoms in total. The number of fused-ring (bicyclic) bond motifs is 1. The van der Waals surface area contributed by atoms with E-state index < -0.39 is 31.7 Å². The van der Waals surface area contributed by atoms with Gasteiger partial charge in [0, 0.05) is 13.1 Å². The Morgan fingerprint density at radius 3 is 2.38 bits per heavy atom. The van der Waals surface area contributed by atoms with Gasteiger partial charge < -0.3 is 0 Å². The zero-order valence-corrected chi connectivity index (χ0v) is 13.9. The molecule has 24 heavy (non-hydrogen) atoms. The highest BCUT2D eigenvalue weighted by molar-refractivity contribution is 7.89. The molecular weight excluding hydrogens is 363 g/mol. The van der Waals surface area contributed by atoms with Crippen LogP contribution in [0.4, 0.5) is 13.2 Å². The molecule has 0 saturated heterocycles. The first-order chi connectivity index (χ1) is 11.2. The standard InChI is InChI=1S/C16H13ClF3NO2S/c17-15-6-5-13(9-14(15)16(18,19)20)24(22,23)21-8-7-11-3-1-2-4-12(11)10-21/h1-6,9H,7-8,10H2. The Hall–Kier alpha value is -1.57. The Morgan fingerprint density at radius 2 is 1.71 bits per heavy atom. The summed E-state index contributed by atoms with van der Waals surface area (Å²) in [5, 5.41) is -0.523. The highest BCUT2D eigenvalue weighted by atomic mass is 35.5. The van der Waals surface area contributed by atoms with Gasteiger partial charge in [-0.2, -0.15) is 17.5 Å². The molecule has 0 unspecified atom stereocenters. The topological polar surface area (TPSA) is 37.4 Å². The molecule has 3 rings (SSSR count). The van der Waals surface area contributed by atoms with Crippen LogP contribution in [0.2, 0.25) is 5.02 Å². The highest BCUT2D eigenvalue weighted by Crippen LogP contribution is 2.36. The number of rotatable bonds is 2. The molecule has 8 heteroatoms. The van der Waals surface area contributed by atoms with Gasteiger partial charge in [-0.3, -0.25) is 0 Å². The van der Waals surface area contributed by atoms with Crippen molar-refractivity contribution >= 4 is 21.6 Å². The van der Waals surface area contributed by atoms with Crippen LogP contribution >= 0.6 is 11.6 Å². The Balaban J connectivity index is 1.98. The van der Waals surface area contributed by atoms with E-state index in [9.17, 15) is 21.6 Å². The Labute approximate surface area is 142 Å². The minimum absolute atomic E-state index is 0.141. The second kappa shape index (κ2) is 6.06. The lowest BCUT2D eigenvalue weighted by Crippen LogP contribution is -2.36. The molecule has 0 radical (unpaired) electrons. The maximum absolute atomic E-state index is 13.0. The van der Waals surface area contributed by atoms with Crippen LogP contribution in [-0.4, -0.2) is 19.3 Å². The number of alkyl halides is 3. The molecule has 0 saturated carbocycles. The van der Waals surface area contributed by atoms with Crippen molar-refractivity contribution in [3.05, 3.63) is 64.2 Å². The fourth-order valence-electron chi connectivity index (χ4n) is 2.71. The van der Waals surface area contributed by atoms with Gasteiger partial charge in [0.2, 0.25) is 10.0 Å². The first kappa shape index (κ1) is 17.3. The van der Waals surface area contributed by atoms with E-state index in [1.807, 2.05) is 18.2 Å². The molecule has 2 aromatic rings. The third kappa shape index (κ3) is 3.16. The summed E-state index contributed by atoms with van der Waals surface area (Å²) < 4.78 is 65.5. The Bertz CT molecular complexity index is 881. The second-order valence-corrected chi connectivity index (χ2v) is 7.84. The van der Waals surface area contributed by atoms with E-state index in [1.54, 1.807) is 6.07 Å². The molecule has 1 aliphatic rings. The van der Waals surface area contributed by atoms with Gasteiger partial charge in [0.05, 0.1) is 15.5 Å². The third-order valence-electron chi connectivity index (χ3n) is 3.98. The molecule has 2 aromatic carbocycles. The van der Waals surface area contributed by atoms with Gasteiger partial charge in [-0.05, 0) is 35.7 Å². The van der Waals surface area contributed by atoms with Crippen LogP contribution in [0, 0.1) is 0 Å². The lowest BCUT2D eigenvalue weighted by molar-refractivity contribution is -0.137. The van der Waals surface area contributed by atoms with Crippen LogP contribution in [0.5, 0.6) is 0 Å². The van der Waals surface area contributed by atoms with Gasteiger partial charge in [-0.25, -0.2) is 8.42 Å². The minimum Gasteiger partial charge on any atom is -0.207 e. The molecule has 1 aliphatic heterocycles. The molecule has 0 N–H and O–H groups in total. The monoisotopic (exact) mass is 375 g/mol. The van der Waals surface area contributed by atoms with Crippen LogP contribution in [0.3, 0.4) is 0 Å². The molecule has 0 spiro atoms. The predicted molar refractivity (Wildman–Crippen MR) is 84.2 cm³/mol. The van der Waals surface area contributed by atoms with Gasteiger partial charge in [0.15, 0.2) is 0 Å². The smallest absolute Gasteiger partial charge is 0.207 e. The van der Waals surface area contributed by atoms with Crippen LogP contribution in [0.15, 0.2) is 47.4 Å². The second-order valence-electron chi connectivity index (χ2n) is 5.50. The number of benzene rings is 2. The van der Waals surface area contributed by atoms with Crippen LogP contribution in [-0.2, 0) is 29.2 Å². The fraction of sp³-hybridized carbons (Fsp3) is 0.250. The molecule has 0 amide bonds. The molecule has 0 aromatic heterocycles. The van der Waals surface area contributed by atoms with Crippen molar-refractivity contribution in [3.63, 3.8) is 0 Å². The normalized spacial score (nSPS) is 16.0. The molecule has 0 aliphatic carbocycles. The lowest BCUT2D eigenvalue weighted by Gasteiger charge is -2.28. The molecule has 0 fully saturated rings. The van der Waals surface area contributed by atoms with Crippen molar-refractivity contribution in [2.24, 2.45) is 0 Å². The van der Waals surface area contributed by atoms with Crippen molar-refractivity contribution in [2.45, 2.75) is 24.0 Å². The van der Waals surface area contributed by atoms with Crippen molar-refractivity contribution in [2.75, 3.05) is 6.54 Å². The summed E-state index contributed by atoms with van der Waals surface area (Å²) in [5.74, 6) is 0. The molecule has 0 bridgehead atoms. The van der Waals surface area contributed by atoms with Crippen LogP contribution in [0.25, 0.3) is 0 Å². The van der Waals surface area contributed by atoms with E-state index in [1.165, 1.54) is 4.31 Å². The summed E-state index contributed by atoms with van der Waals surface area (Å²) >= 11 is 5.56. The SMILES string of the molecule is O=S(=O)(c1ccc(Cl)c(C(F)(F)F)c1)N1CCc2ccccc2C1. The van der Waals surface area contributed by atoms with Crippen molar-refractivity contribution in [3.8, 4) is 0 Å². The number of hydrogen-bond donors (Lipinski definition) is 0. The number of hydrogen-bond acceptors (Lipinski definition) is 2. The first-order valence-corrected chi connectivity index (χ1v) is 8.95. The van der Waals surface area contributed by atoms with Gasteiger partial charge in [-0.1, -0.05) is 35.9 Å². The fourth-order valence-corrected chi connectivity index (χ4v) is 4.38. The first-order valence-electron chi connectivity index (χ1n) is 7.13. The number of nitrogens with zero attached hydrogens (tertiary/aromatic N) is 1. The summed E-state index contributed by atoms with van der Waals surface area (Å²) in [6.07, 6.45) is -4.19. The van der Waals surface area contributed by atoms with Gasteiger partial charge in [0.25, 0.3) is 0 Å². The zero-order valence-electron chi connectivity index (χ0n) is 12.3. The predicted octanol–water partition coefficient (Wildman–Crippen LogP) is 4.11. The van der Waals surface area contributed by atoms with Crippen molar-refractivity contribution in [1.29, 1.82) is 0 Å². The summed E-state index contributed by atoms with van der Waals surface area (Å²) in [7, 11) is -4.03. The summed E-state index contributed by atoms with van der Waals surface area (Å²) in [6.45, 7) is 0.367. The highest BCUT2D eigenvalue weighted by Gasteiger charge is 2.36. The van der Waals surface area contributed by atoms with Gasteiger partial charge in [-0.15, -0.1) is 0 Å². The maximum Gasteiger partial charge on any atom is 0.417 e. The molecule has 0 atom stereocenters. The van der Waals surface area contributed by atoms with Crippen molar-refractivity contribution in [1.82, 2.24) is 4.31 Å². The van der Waals surface area contributed by atoms with E-state index in [0.717, 1.165) is 23.3 Å². The minimum atomic E-state index is -4.71. The maximum atomic E-state index is 13.0. The van der Waals surface area contributed by atoms with Crippen LogP contribution in [0.1, 0.15) is 16.7 Å². The zero-order chi connectivity index (χ0) is 17.5. The van der Waals surface area contributed by atoms with E-state index in [0.29, 0.717) is 12.5 Å². The Kier molecular flexibility index (Phi) is 4.36. The molecular formula is C16H13ClF3NO2S. The summed E-state index contributed by atoms with van der Waals surface area (Å²) in [5.41, 5.74) is 0.760. The summed E-state index contributed by atoms with van der Waals surface area (Å²) in [4.78, 5) is -0.404. The van der Waals surface area contributed by atoms with E-state index >= 15 is 0 Å². The quantitative estimate of drug-likeness (QED) is 0.792. The molecule has 128 valence electrons. The number of sulfonamides is 1. The summed E-state index contributed by atoms with van der Waals surface area (Å²) in [6, 6.07) is 10.1. The van der Waals surface area contributed by atoms with Crippen molar-refractivity contribution < 1.29 is 21.6 Å². The van der Waals surface area contributed by atoms with Gasteiger partial charge >= 0.3 is 6.18 Å². The molecule has 1 heterocycles. The lowest BCUT2D eigenvalue weighted by atomic mass is 10.0. The van der Waals surface area contributed by atoms with E-state index in [-0.39, 0.29) is 13.1 Å². The average molecular weight is 376 g/mol. The largest absolute Gasteiger partial charge is 0.417 e. The van der Waals surface area contributed by atoms with Gasteiger partial charge in [0.1, 0.15) is 0 Å². The average Bonchev–Trinajstić information content (AvgIpc) is 2.53. The third-order valence-corrected chi connectivity index (χ3v) is 6.15. The number of halogens is 4. The van der Waals surface area contributed by atoms with E-state index in [2.05, 4.69) is 0 Å². The Morgan fingerprint density at radius 1 is 1.04 bits per heavy atom. The van der Waals surface area contributed by atoms with E-state index in [4.69, 9.17) is 11.6 Å². The van der Waals surface area contributed by atoms with Crippen LogP contribution < -0.4 is 0 Å².